The molecule has 1 saturated heterocycles. The molecule has 1 atom stereocenters. The number of halogens is 2. The molecular formula is C22H32Cl2N2O. The van der Waals surface area contributed by atoms with Gasteiger partial charge in [0.2, 0.25) is 0 Å². The van der Waals surface area contributed by atoms with E-state index in [-0.39, 0.29) is 30.9 Å². The summed E-state index contributed by atoms with van der Waals surface area (Å²) in [7, 11) is 0. The number of piperidine rings is 1. The minimum absolute atomic E-state index is 0. The van der Waals surface area contributed by atoms with E-state index in [2.05, 4.69) is 40.5 Å². The van der Waals surface area contributed by atoms with Crippen molar-refractivity contribution >= 4 is 24.8 Å². The van der Waals surface area contributed by atoms with E-state index >= 15 is 0 Å². The molecule has 0 aromatic heterocycles. The number of nitrogens with zero attached hydrogens (tertiary/aromatic N) is 1. The Bertz CT molecular complexity index is 592. The topological polar surface area (TPSA) is 24.5 Å². The van der Waals surface area contributed by atoms with E-state index in [9.17, 15) is 0 Å². The molecule has 3 rings (SSSR count). The van der Waals surface area contributed by atoms with Crippen LogP contribution in [0.5, 0.6) is 5.75 Å². The standard InChI is InChI=1S/C22H30N2O.2ClH/c1-4-11-20(12-5-1)22(25-21-13-6-2-7-14-21)19-23-15-10-18-24-16-8-3-9-17-24;;/h1-2,4-7,11-14,22-23H,3,8-10,15-19H2;2*1H. The summed E-state index contributed by atoms with van der Waals surface area (Å²) in [6, 6.07) is 20.6. The van der Waals surface area contributed by atoms with Gasteiger partial charge in [-0.3, -0.25) is 0 Å². The zero-order valence-electron chi connectivity index (χ0n) is 15.9. The summed E-state index contributed by atoms with van der Waals surface area (Å²) in [5.41, 5.74) is 1.22. The van der Waals surface area contributed by atoms with E-state index in [4.69, 9.17) is 4.74 Å². The fourth-order valence-electron chi connectivity index (χ4n) is 3.40. The van der Waals surface area contributed by atoms with Gasteiger partial charge in [-0.1, -0.05) is 55.0 Å². The second-order valence-electron chi connectivity index (χ2n) is 6.79. The molecule has 150 valence electrons. The lowest BCUT2D eigenvalue weighted by atomic mass is 10.1. The van der Waals surface area contributed by atoms with Crippen LogP contribution in [0.2, 0.25) is 0 Å². The first-order valence-corrected chi connectivity index (χ1v) is 9.61. The highest BCUT2D eigenvalue weighted by Gasteiger charge is 2.13. The van der Waals surface area contributed by atoms with Crippen molar-refractivity contribution < 1.29 is 4.74 Å². The van der Waals surface area contributed by atoms with Crippen molar-refractivity contribution in [2.45, 2.75) is 31.8 Å². The number of benzene rings is 2. The number of nitrogens with one attached hydrogen (secondary N) is 1. The number of rotatable bonds is 9. The van der Waals surface area contributed by atoms with Crippen molar-refractivity contribution in [1.82, 2.24) is 10.2 Å². The van der Waals surface area contributed by atoms with Crippen LogP contribution in [0.4, 0.5) is 0 Å². The van der Waals surface area contributed by atoms with Crippen LogP contribution in [0.25, 0.3) is 0 Å². The Kier molecular flexibility index (Phi) is 12.2. The molecule has 0 amide bonds. The number of likely N-dealkylation sites (tertiary alicyclic amines) is 1. The Balaban J connectivity index is 0.00000182. The maximum absolute atomic E-state index is 6.22. The molecule has 3 nitrogen and oxygen atoms in total. The van der Waals surface area contributed by atoms with Gasteiger partial charge < -0.3 is 15.0 Å². The van der Waals surface area contributed by atoms with Gasteiger partial charge in [-0.2, -0.15) is 0 Å². The molecule has 0 bridgehead atoms. The molecule has 1 unspecified atom stereocenters. The first kappa shape index (κ1) is 23.8. The van der Waals surface area contributed by atoms with Crippen molar-refractivity contribution in [1.29, 1.82) is 0 Å². The van der Waals surface area contributed by atoms with Gasteiger partial charge in [0.15, 0.2) is 0 Å². The monoisotopic (exact) mass is 410 g/mol. The molecule has 1 fully saturated rings. The highest BCUT2D eigenvalue weighted by atomic mass is 35.5. The highest BCUT2D eigenvalue weighted by Crippen LogP contribution is 2.21. The van der Waals surface area contributed by atoms with Gasteiger partial charge in [0.1, 0.15) is 11.9 Å². The Labute approximate surface area is 176 Å². The summed E-state index contributed by atoms with van der Waals surface area (Å²) in [6.07, 6.45) is 5.39. The lowest BCUT2D eigenvalue weighted by Crippen LogP contribution is -2.33. The van der Waals surface area contributed by atoms with Gasteiger partial charge in [-0.05, 0) is 63.1 Å². The van der Waals surface area contributed by atoms with E-state index in [1.54, 1.807) is 0 Å². The molecule has 5 heteroatoms. The summed E-state index contributed by atoms with van der Waals surface area (Å²) >= 11 is 0. The largest absolute Gasteiger partial charge is 0.484 e. The predicted molar refractivity (Wildman–Crippen MR) is 119 cm³/mol. The molecular weight excluding hydrogens is 379 g/mol. The van der Waals surface area contributed by atoms with Crippen molar-refractivity contribution in [3.8, 4) is 5.75 Å². The van der Waals surface area contributed by atoms with Gasteiger partial charge >= 0.3 is 0 Å². The molecule has 2 aromatic carbocycles. The first-order valence-electron chi connectivity index (χ1n) is 9.61. The van der Waals surface area contributed by atoms with Gasteiger partial charge in [0.25, 0.3) is 0 Å². The molecule has 1 heterocycles. The molecule has 0 radical (unpaired) electrons. The van der Waals surface area contributed by atoms with Gasteiger partial charge in [-0.25, -0.2) is 0 Å². The summed E-state index contributed by atoms with van der Waals surface area (Å²) in [4.78, 5) is 2.60. The van der Waals surface area contributed by atoms with Crippen LogP contribution in [0, 0.1) is 0 Å². The molecule has 0 spiro atoms. The zero-order chi connectivity index (χ0) is 17.2. The summed E-state index contributed by atoms with van der Waals surface area (Å²) in [6.45, 7) is 5.65. The quantitative estimate of drug-likeness (QED) is 0.580. The average molecular weight is 411 g/mol. The maximum atomic E-state index is 6.22. The predicted octanol–water partition coefficient (Wildman–Crippen LogP) is 5.12. The Hall–Kier alpha value is -1.26. The molecule has 2 aromatic rings. The number of ether oxygens (including phenoxy) is 1. The summed E-state index contributed by atoms with van der Waals surface area (Å²) < 4.78 is 6.22. The van der Waals surface area contributed by atoms with Crippen LogP contribution in [0.1, 0.15) is 37.4 Å². The average Bonchev–Trinajstić information content (AvgIpc) is 2.69. The van der Waals surface area contributed by atoms with Crippen molar-refractivity contribution in [3.05, 3.63) is 66.2 Å². The van der Waals surface area contributed by atoms with Gasteiger partial charge in [0.05, 0.1) is 0 Å². The van der Waals surface area contributed by atoms with E-state index in [1.807, 2.05) is 30.3 Å². The first-order chi connectivity index (χ1) is 12.4. The van der Waals surface area contributed by atoms with Crippen LogP contribution in [0.15, 0.2) is 60.7 Å². The fraction of sp³-hybridized carbons (Fsp3) is 0.455. The summed E-state index contributed by atoms with van der Waals surface area (Å²) in [5, 5.41) is 3.59. The van der Waals surface area contributed by atoms with Crippen LogP contribution < -0.4 is 10.1 Å². The molecule has 0 aliphatic carbocycles. The van der Waals surface area contributed by atoms with Gasteiger partial charge in [-0.15, -0.1) is 24.8 Å². The zero-order valence-corrected chi connectivity index (χ0v) is 17.5. The minimum atomic E-state index is 0. The smallest absolute Gasteiger partial charge is 0.136 e. The molecule has 0 saturated carbocycles. The maximum Gasteiger partial charge on any atom is 0.136 e. The van der Waals surface area contributed by atoms with Crippen molar-refractivity contribution in [3.63, 3.8) is 0 Å². The number of hydrogen-bond donors (Lipinski definition) is 1. The highest BCUT2D eigenvalue weighted by molar-refractivity contribution is 5.85. The molecule has 1 N–H and O–H groups in total. The van der Waals surface area contributed by atoms with Crippen molar-refractivity contribution in [2.24, 2.45) is 0 Å². The van der Waals surface area contributed by atoms with Crippen LogP contribution in [-0.2, 0) is 0 Å². The lowest BCUT2D eigenvalue weighted by molar-refractivity contribution is 0.197. The number of para-hydroxylation sites is 1. The third-order valence-corrected chi connectivity index (χ3v) is 4.80. The normalized spacial score (nSPS) is 15.3. The second-order valence-corrected chi connectivity index (χ2v) is 6.79. The van der Waals surface area contributed by atoms with E-state index < -0.39 is 0 Å². The van der Waals surface area contributed by atoms with E-state index in [0.29, 0.717) is 0 Å². The Morgan fingerprint density at radius 1 is 0.852 bits per heavy atom. The number of hydrogen-bond acceptors (Lipinski definition) is 3. The molecule has 27 heavy (non-hydrogen) atoms. The SMILES string of the molecule is Cl.Cl.c1ccc(OC(CNCCCN2CCCCC2)c2ccccc2)cc1. The third kappa shape index (κ3) is 8.52. The second kappa shape index (κ2) is 13.8. The summed E-state index contributed by atoms with van der Waals surface area (Å²) in [5.74, 6) is 0.923. The van der Waals surface area contributed by atoms with Crippen LogP contribution in [-0.4, -0.2) is 37.6 Å². The van der Waals surface area contributed by atoms with Crippen LogP contribution >= 0.6 is 24.8 Å². The molecule has 1 aliphatic rings. The fourth-order valence-corrected chi connectivity index (χ4v) is 3.40. The molecule has 1 aliphatic heterocycles. The third-order valence-electron chi connectivity index (χ3n) is 4.80. The lowest BCUT2D eigenvalue weighted by Gasteiger charge is -2.26. The van der Waals surface area contributed by atoms with Crippen LogP contribution in [0.3, 0.4) is 0 Å². The Morgan fingerprint density at radius 3 is 2.15 bits per heavy atom. The Morgan fingerprint density at radius 2 is 1.48 bits per heavy atom. The van der Waals surface area contributed by atoms with E-state index in [1.165, 1.54) is 50.9 Å². The van der Waals surface area contributed by atoms with E-state index in [0.717, 1.165) is 18.8 Å². The van der Waals surface area contributed by atoms with Gasteiger partial charge in [0, 0.05) is 6.54 Å². The van der Waals surface area contributed by atoms with Crippen molar-refractivity contribution in [2.75, 3.05) is 32.7 Å². The minimum Gasteiger partial charge on any atom is -0.484 e.